The predicted octanol–water partition coefficient (Wildman–Crippen LogP) is 4.68. The van der Waals surface area contributed by atoms with Crippen molar-refractivity contribution >= 4 is 45.2 Å². The Balaban J connectivity index is 1.64. The fourth-order valence-corrected chi connectivity index (χ4v) is 4.02. The van der Waals surface area contributed by atoms with E-state index in [2.05, 4.69) is 15.3 Å². The Hall–Kier alpha value is -2.77. The van der Waals surface area contributed by atoms with Crippen LogP contribution >= 0.6 is 22.7 Å². The highest BCUT2D eigenvalue weighted by atomic mass is 32.1. The maximum absolute atomic E-state index is 12.6. The lowest BCUT2D eigenvalue weighted by Gasteiger charge is -2.10. The molecule has 4 rings (SSSR count). The molecule has 0 atom stereocenters. The summed E-state index contributed by atoms with van der Waals surface area (Å²) < 4.78 is 5.33. The first-order chi connectivity index (χ1) is 12.3. The van der Waals surface area contributed by atoms with Gasteiger partial charge >= 0.3 is 0 Å². The van der Waals surface area contributed by atoms with Crippen molar-refractivity contribution in [3.05, 3.63) is 58.4 Å². The number of hydrogen-bond donors (Lipinski definition) is 1. The third kappa shape index (κ3) is 2.99. The average Bonchev–Trinajstić information content (AvgIpc) is 3.33. The second-order valence-corrected chi connectivity index (χ2v) is 6.86. The Morgan fingerprint density at radius 1 is 1.20 bits per heavy atom. The molecular weight excluding hydrogens is 354 g/mol. The van der Waals surface area contributed by atoms with Crippen LogP contribution in [0.15, 0.2) is 52.7 Å². The Morgan fingerprint density at radius 2 is 2.12 bits per heavy atom. The highest BCUT2D eigenvalue weighted by Gasteiger charge is 2.15. The number of nitrogens with one attached hydrogen (secondary N) is 1. The van der Waals surface area contributed by atoms with E-state index in [4.69, 9.17) is 4.74 Å². The van der Waals surface area contributed by atoms with Gasteiger partial charge in [0.1, 0.15) is 22.0 Å². The number of fused-ring (bicyclic) bond motifs is 1. The number of pyridine rings is 1. The minimum Gasteiger partial charge on any atom is -0.494 e. The number of hydrogen-bond acceptors (Lipinski definition) is 6. The fraction of sp³-hybridized carbons (Fsp3) is 0.0556. The molecule has 124 valence electrons. The van der Waals surface area contributed by atoms with Gasteiger partial charge in [-0.15, -0.1) is 11.3 Å². The van der Waals surface area contributed by atoms with E-state index in [0.29, 0.717) is 22.6 Å². The van der Waals surface area contributed by atoms with Crippen LogP contribution in [0.25, 0.3) is 21.5 Å². The Labute approximate surface area is 152 Å². The normalized spacial score (nSPS) is 10.8. The maximum Gasteiger partial charge on any atom is 0.275 e. The number of thiophene rings is 1. The summed E-state index contributed by atoms with van der Waals surface area (Å²) in [6.07, 6.45) is 1.70. The molecule has 0 saturated heterocycles. The van der Waals surface area contributed by atoms with Crippen molar-refractivity contribution in [1.29, 1.82) is 0 Å². The first kappa shape index (κ1) is 15.7. The molecule has 3 aromatic heterocycles. The number of thiazole rings is 1. The number of carbonyl (C=O) groups is 1. The molecule has 1 N–H and O–H groups in total. The van der Waals surface area contributed by atoms with Crippen molar-refractivity contribution in [1.82, 2.24) is 9.97 Å². The van der Waals surface area contributed by atoms with Crippen molar-refractivity contribution in [2.24, 2.45) is 0 Å². The fourth-order valence-electron chi connectivity index (χ4n) is 2.50. The number of methoxy groups -OCH3 is 1. The Kier molecular flexibility index (Phi) is 4.17. The minimum atomic E-state index is -0.243. The Bertz CT molecular complexity index is 1040. The zero-order valence-electron chi connectivity index (χ0n) is 13.2. The average molecular weight is 367 g/mol. The van der Waals surface area contributed by atoms with E-state index in [1.807, 2.05) is 35.0 Å². The molecule has 0 unspecified atom stereocenters. The molecule has 0 fully saturated rings. The van der Waals surface area contributed by atoms with Gasteiger partial charge in [0.15, 0.2) is 0 Å². The lowest BCUT2D eigenvalue weighted by molar-refractivity contribution is 0.102. The molecule has 3 heterocycles. The van der Waals surface area contributed by atoms with E-state index in [1.165, 1.54) is 11.3 Å². The van der Waals surface area contributed by atoms with E-state index in [9.17, 15) is 4.79 Å². The van der Waals surface area contributed by atoms with Crippen LogP contribution in [0.1, 0.15) is 10.5 Å². The number of rotatable bonds is 4. The molecule has 0 radical (unpaired) electrons. The molecule has 0 saturated carbocycles. The summed E-state index contributed by atoms with van der Waals surface area (Å²) in [7, 11) is 1.60. The molecule has 25 heavy (non-hydrogen) atoms. The van der Waals surface area contributed by atoms with Crippen LogP contribution in [0.3, 0.4) is 0 Å². The van der Waals surface area contributed by atoms with Gasteiger partial charge in [0.25, 0.3) is 5.91 Å². The largest absolute Gasteiger partial charge is 0.494 e. The summed E-state index contributed by atoms with van der Waals surface area (Å²) in [5.41, 5.74) is 2.83. The van der Waals surface area contributed by atoms with Crippen LogP contribution in [0.2, 0.25) is 0 Å². The zero-order chi connectivity index (χ0) is 17.2. The van der Waals surface area contributed by atoms with E-state index in [1.54, 1.807) is 36.1 Å². The van der Waals surface area contributed by atoms with Gasteiger partial charge in [-0.2, -0.15) is 11.3 Å². The van der Waals surface area contributed by atoms with E-state index in [-0.39, 0.29) is 5.91 Å². The van der Waals surface area contributed by atoms with Gasteiger partial charge in [0.05, 0.1) is 12.8 Å². The first-order valence-electron chi connectivity index (χ1n) is 7.47. The molecule has 0 aliphatic heterocycles. The number of amides is 1. The SMILES string of the molecule is COc1ccc(NC(=O)c2csc(-c3ccsc3)n2)c2cccnc12. The van der Waals surface area contributed by atoms with Crippen LogP contribution < -0.4 is 10.1 Å². The van der Waals surface area contributed by atoms with Crippen molar-refractivity contribution in [3.63, 3.8) is 0 Å². The van der Waals surface area contributed by atoms with Crippen LogP contribution in [-0.2, 0) is 0 Å². The van der Waals surface area contributed by atoms with Gasteiger partial charge in [0, 0.05) is 27.9 Å². The monoisotopic (exact) mass is 367 g/mol. The van der Waals surface area contributed by atoms with Crippen LogP contribution in [0.5, 0.6) is 5.75 Å². The number of nitrogens with zero attached hydrogens (tertiary/aromatic N) is 2. The third-order valence-electron chi connectivity index (χ3n) is 3.71. The molecule has 0 aliphatic rings. The van der Waals surface area contributed by atoms with Crippen molar-refractivity contribution in [3.8, 4) is 16.3 Å². The summed E-state index contributed by atoms with van der Waals surface area (Å²) in [5, 5.41) is 10.4. The van der Waals surface area contributed by atoms with Gasteiger partial charge in [-0.3, -0.25) is 9.78 Å². The quantitative estimate of drug-likeness (QED) is 0.569. The van der Waals surface area contributed by atoms with E-state index >= 15 is 0 Å². The van der Waals surface area contributed by atoms with Gasteiger partial charge in [-0.1, -0.05) is 0 Å². The van der Waals surface area contributed by atoms with Crippen LogP contribution in [-0.4, -0.2) is 23.0 Å². The summed E-state index contributed by atoms with van der Waals surface area (Å²) in [6, 6.07) is 9.33. The van der Waals surface area contributed by atoms with Crippen molar-refractivity contribution in [2.45, 2.75) is 0 Å². The van der Waals surface area contributed by atoms with Gasteiger partial charge < -0.3 is 10.1 Å². The van der Waals surface area contributed by atoms with Crippen molar-refractivity contribution in [2.75, 3.05) is 12.4 Å². The molecule has 0 spiro atoms. The molecule has 1 aromatic carbocycles. The number of ether oxygens (including phenoxy) is 1. The molecule has 1 amide bonds. The van der Waals surface area contributed by atoms with Gasteiger partial charge in [0.2, 0.25) is 0 Å². The van der Waals surface area contributed by atoms with Crippen LogP contribution in [0, 0.1) is 0 Å². The smallest absolute Gasteiger partial charge is 0.275 e. The van der Waals surface area contributed by atoms with Gasteiger partial charge in [-0.05, 0) is 35.7 Å². The summed E-state index contributed by atoms with van der Waals surface area (Å²) in [6.45, 7) is 0. The lowest BCUT2D eigenvalue weighted by atomic mass is 10.1. The highest BCUT2D eigenvalue weighted by molar-refractivity contribution is 7.14. The summed E-state index contributed by atoms with van der Waals surface area (Å²) in [4.78, 5) is 21.4. The Morgan fingerprint density at radius 3 is 2.92 bits per heavy atom. The second kappa shape index (κ2) is 6.62. The lowest BCUT2D eigenvalue weighted by Crippen LogP contribution is -2.12. The number of anilines is 1. The number of aromatic nitrogens is 2. The third-order valence-corrected chi connectivity index (χ3v) is 5.28. The summed E-state index contributed by atoms with van der Waals surface area (Å²) in [5.74, 6) is 0.426. The second-order valence-electron chi connectivity index (χ2n) is 5.22. The number of carbonyl (C=O) groups excluding carboxylic acids is 1. The predicted molar refractivity (Wildman–Crippen MR) is 102 cm³/mol. The minimum absolute atomic E-state index is 0.243. The van der Waals surface area contributed by atoms with Crippen molar-refractivity contribution < 1.29 is 9.53 Å². The van der Waals surface area contributed by atoms with Crippen LogP contribution in [0.4, 0.5) is 5.69 Å². The van der Waals surface area contributed by atoms with E-state index in [0.717, 1.165) is 16.0 Å². The standard InChI is InChI=1S/C18H13N3O2S2/c1-23-15-5-4-13(12-3-2-7-19-16(12)15)20-17(22)14-10-25-18(21-14)11-6-8-24-9-11/h2-10H,1H3,(H,20,22). The van der Waals surface area contributed by atoms with E-state index < -0.39 is 0 Å². The summed E-state index contributed by atoms with van der Waals surface area (Å²) >= 11 is 3.07. The molecule has 0 aliphatic carbocycles. The first-order valence-corrected chi connectivity index (χ1v) is 9.29. The highest BCUT2D eigenvalue weighted by Crippen LogP contribution is 2.30. The zero-order valence-corrected chi connectivity index (χ0v) is 14.9. The topological polar surface area (TPSA) is 64.1 Å². The molecule has 4 aromatic rings. The molecular formula is C18H13N3O2S2. The number of benzene rings is 1. The molecule has 0 bridgehead atoms. The molecule has 7 heteroatoms. The van der Waals surface area contributed by atoms with Gasteiger partial charge in [-0.25, -0.2) is 4.98 Å². The maximum atomic E-state index is 12.6. The molecule has 5 nitrogen and oxygen atoms in total.